The number of halogens is 2. The molecular weight excluding hydrogens is 336 g/mol. The lowest BCUT2D eigenvalue weighted by molar-refractivity contribution is 0.340. The van der Waals surface area contributed by atoms with Crippen LogP contribution in [0.4, 0.5) is 0 Å². The molecule has 0 aromatic heterocycles. The van der Waals surface area contributed by atoms with E-state index in [1.165, 1.54) is 5.56 Å². The topological polar surface area (TPSA) is 9.23 Å². The third-order valence-corrected chi connectivity index (χ3v) is 4.31. The average molecular weight is 354 g/mol. The van der Waals surface area contributed by atoms with Crippen molar-refractivity contribution in [1.82, 2.24) is 0 Å². The van der Waals surface area contributed by atoms with Crippen molar-refractivity contribution < 1.29 is 4.74 Å². The predicted octanol–water partition coefficient (Wildman–Crippen LogP) is 5.83. The zero-order chi connectivity index (χ0) is 14.8. The van der Waals surface area contributed by atoms with Gasteiger partial charge in [0.25, 0.3) is 0 Å². The SMILES string of the molecule is CCOc1ccc(C(C)(C)c2cc(Br)ccc2Cl)cc1. The van der Waals surface area contributed by atoms with Crippen molar-refractivity contribution in [3.8, 4) is 5.75 Å². The van der Waals surface area contributed by atoms with Gasteiger partial charge in [0.05, 0.1) is 6.61 Å². The fraction of sp³-hybridized carbons (Fsp3) is 0.294. The Morgan fingerprint density at radius 2 is 1.75 bits per heavy atom. The van der Waals surface area contributed by atoms with E-state index < -0.39 is 0 Å². The molecule has 0 N–H and O–H groups in total. The van der Waals surface area contributed by atoms with Crippen molar-refractivity contribution in [3.63, 3.8) is 0 Å². The normalized spacial score (nSPS) is 11.4. The molecule has 0 aliphatic carbocycles. The molecule has 0 aliphatic rings. The molecule has 2 rings (SSSR count). The third kappa shape index (κ3) is 3.18. The van der Waals surface area contributed by atoms with Crippen LogP contribution >= 0.6 is 27.5 Å². The fourth-order valence-electron chi connectivity index (χ4n) is 2.27. The molecule has 2 aromatic carbocycles. The highest BCUT2D eigenvalue weighted by molar-refractivity contribution is 9.10. The van der Waals surface area contributed by atoms with E-state index in [0.717, 1.165) is 20.8 Å². The van der Waals surface area contributed by atoms with Crippen LogP contribution in [0.5, 0.6) is 5.75 Å². The predicted molar refractivity (Wildman–Crippen MR) is 88.9 cm³/mol. The minimum absolute atomic E-state index is 0.161. The van der Waals surface area contributed by atoms with E-state index in [9.17, 15) is 0 Å². The molecule has 0 bridgehead atoms. The van der Waals surface area contributed by atoms with Crippen molar-refractivity contribution in [2.24, 2.45) is 0 Å². The Hall–Kier alpha value is -0.990. The Labute approximate surface area is 134 Å². The van der Waals surface area contributed by atoms with Crippen LogP contribution in [0, 0.1) is 0 Å². The summed E-state index contributed by atoms with van der Waals surface area (Å²) in [5, 5.41) is 0.784. The molecule has 106 valence electrons. The summed E-state index contributed by atoms with van der Waals surface area (Å²) in [5.74, 6) is 0.896. The molecule has 0 amide bonds. The lowest BCUT2D eigenvalue weighted by Crippen LogP contribution is -2.19. The quantitative estimate of drug-likeness (QED) is 0.672. The van der Waals surface area contributed by atoms with E-state index in [2.05, 4.69) is 48.0 Å². The molecule has 0 unspecified atom stereocenters. The molecule has 0 atom stereocenters. The number of ether oxygens (including phenoxy) is 1. The minimum Gasteiger partial charge on any atom is -0.494 e. The van der Waals surface area contributed by atoms with Gasteiger partial charge >= 0.3 is 0 Å². The standard InChI is InChI=1S/C17H18BrClO/c1-4-20-14-8-5-12(6-9-14)17(2,3)15-11-13(18)7-10-16(15)19/h5-11H,4H2,1-3H3. The fourth-order valence-corrected chi connectivity index (χ4v) is 2.98. The molecule has 1 nitrogen and oxygen atoms in total. The summed E-state index contributed by atoms with van der Waals surface area (Å²) >= 11 is 9.88. The van der Waals surface area contributed by atoms with E-state index >= 15 is 0 Å². The molecule has 20 heavy (non-hydrogen) atoms. The van der Waals surface area contributed by atoms with Gasteiger partial charge in [-0.3, -0.25) is 0 Å². The van der Waals surface area contributed by atoms with Gasteiger partial charge in [-0.25, -0.2) is 0 Å². The largest absolute Gasteiger partial charge is 0.494 e. The Kier molecular flexibility index (Phi) is 4.77. The van der Waals surface area contributed by atoms with E-state index in [-0.39, 0.29) is 5.41 Å². The van der Waals surface area contributed by atoms with Crippen LogP contribution in [0.25, 0.3) is 0 Å². The van der Waals surface area contributed by atoms with Gasteiger partial charge in [0.2, 0.25) is 0 Å². The van der Waals surface area contributed by atoms with Gasteiger partial charge in [-0.15, -0.1) is 0 Å². The lowest BCUT2D eigenvalue weighted by Gasteiger charge is -2.27. The maximum Gasteiger partial charge on any atom is 0.119 e. The van der Waals surface area contributed by atoms with Crippen molar-refractivity contribution in [2.45, 2.75) is 26.2 Å². The van der Waals surface area contributed by atoms with Crippen LogP contribution in [-0.4, -0.2) is 6.61 Å². The first-order valence-electron chi connectivity index (χ1n) is 6.64. The van der Waals surface area contributed by atoms with E-state index in [1.807, 2.05) is 31.2 Å². The molecular formula is C17H18BrClO. The second-order valence-corrected chi connectivity index (χ2v) is 6.53. The third-order valence-electron chi connectivity index (χ3n) is 3.49. The van der Waals surface area contributed by atoms with Gasteiger partial charge in [-0.05, 0) is 48.4 Å². The van der Waals surface area contributed by atoms with Crippen LogP contribution < -0.4 is 4.74 Å². The molecule has 0 radical (unpaired) electrons. The molecule has 2 aromatic rings. The molecule has 0 aliphatic heterocycles. The van der Waals surface area contributed by atoms with E-state index in [4.69, 9.17) is 16.3 Å². The zero-order valence-electron chi connectivity index (χ0n) is 11.9. The molecule has 0 spiro atoms. The smallest absolute Gasteiger partial charge is 0.119 e. The average Bonchev–Trinajstić information content (AvgIpc) is 2.42. The maximum atomic E-state index is 6.37. The van der Waals surface area contributed by atoms with Gasteiger partial charge < -0.3 is 4.74 Å². The number of benzene rings is 2. The number of hydrogen-bond donors (Lipinski definition) is 0. The monoisotopic (exact) mass is 352 g/mol. The van der Waals surface area contributed by atoms with Gasteiger partial charge in [0.1, 0.15) is 5.75 Å². The molecule has 0 heterocycles. The first kappa shape index (κ1) is 15.4. The lowest BCUT2D eigenvalue weighted by atomic mass is 9.78. The second-order valence-electron chi connectivity index (χ2n) is 5.21. The summed E-state index contributed by atoms with van der Waals surface area (Å²) in [5.41, 5.74) is 2.16. The van der Waals surface area contributed by atoms with E-state index in [0.29, 0.717) is 6.61 Å². The van der Waals surface area contributed by atoms with E-state index in [1.54, 1.807) is 0 Å². The van der Waals surface area contributed by atoms with Gasteiger partial charge in [-0.2, -0.15) is 0 Å². The Morgan fingerprint density at radius 3 is 2.35 bits per heavy atom. The van der Waals surface area contributed by atoms with Crippen molar-refractivity contribution in [1.29, 1.82) is 0 Å². The highest BCUT2D eigenvalue weighted by Gasteiger charge is 2.25. The van der Waals surface area contributed by atoms with Crippen LogP contribution in [0.3, 0.4) is 0 Å². The second kappa shape index (κ2) is 6.19. The van der Waals surface area contributed by atoms with Gasteiger partial charge in [0, 0.05) is 14.9 Å². The highest BCUT2D eigenvalue weighted by Crippen LogP contribution is 2.37. The molecule has 0 saturated carbocycles. The highest BCUT2D eigenvalue weighted by atomic mass is 79.9. The number of hydrogen-bond acceptors (Lipinski definition) is 1. The Morgan fingerprint density at radius 1 is 1.10 bits per heavy atom. The van der Waals surface area contributed by atoms with Crippen LogP contribution in [-0.2, 0) is 5.41 Å². The van der Waals surface area contributed by atoms with Crippen LogP contribution in [0.15, 0.2) is 46.9 Å². The summed E-state index contributed by atoms with van der Waals surface area (Å²) in [6.45, 7) is 7.02. The summed E-state index contributed by atoms with van der Waals surface area (Å²) in [6.07, 6.45) is 0. The van der Waals surface area contributed by atoms with Gasteiger partial charge in [-0.1, -0.05) is 53.5 Å². The number of rotatable bonds is 4. The maximum absolute atomic E-state index is 6.37. The summed E-state index contributed by atoms with van der Waals surface area (Å²) < 4.78 is 6.53. The summed E-state index contributed by atoms with van der Waals surface area (Å²) in [7, 11) is 0. The first-order valence-corrected chi connectivity index (χ1v) is 7.81. The zero-order valence-corrected chi connectivity index (χ0v) is 14.3. The van der Waals surface area contributed by atoms with Crippen LogP contribution in [0.2, 0.25) is 5.02 Å². The summed E-state index contributed by atoms with van der Waals surface area (Å²) in [4.78, 5) is 0. The van der Waals surface area contributed by atoms with Crippen molar-refractivity contribution in [3.05, 3.63) is 63.1 Å². The van der Waals surface area contributed by atoms with Crippen LogP contribution in [0.1, 0.15) is 31.9 Å². The van der Waals surface area contributed by atoms with Crippen molar-refractivity contribution in [2.75, 3.05) is 6.61 Å². The first-order chi connectivity index (χ1) is 9.45. The van der Waals surface area contributed by atoms with Gasteiger partial charge in [0.15, 0.2) is 0 Å². The van der Waals surface area contributed by atoms with Crippen molar-refractivity contribution >= 4 is 27.5 Å². The minimum atomic E-state index is -0.161. The molecule has 3 heteroatoms. The molecule has 0 fully saturated rings. The Bertz CT molecular complexity index is 590. The summed E-state index contributed by atoms with van der Waals surface area (Å²) in [6, 6.07) is 14.2. The Balaban J connectivity index is 2.40. The molecule has 0 saturated heterocycles.